The molecule has 0 aliphatic carbocycles. The average molecular weight is 582 g/mol. The number of aromatic nitrogens is 4. The van der Waals surface area contributed by atoms with Crippen molar-refractivity contribution in [2.45, 2.75) is 45.7 Å². The quantitative estimate of drug-likeness (QED) is 0.246. The van der Waals surface area contributed by atoms with E-state index in [9.17, 15) is 4.79 Å². The molecular formula is C28H28ClN5O5S. The summed E-state index contributed by atoms with van der Waals surface area (Å²) in [5.74, 6) is 0.239. The number of pyridine rings is 2. The smallest absolute Gasteiger partial charge is 0.296 e. The number of hydrogen-bond acceptors (Lipinski definition) is 10. The van der Waals surface area contributed by atoms with Crippen molar-refractivity contribution in [2.24, 2.45) is 0 Å². The molecule has 3 aromatic heterocycles. The maximum absolute atomic E-state index is 13.4. The number of ether oxygens (including phenoxy) is 4. The van der Waals surface area contributed by atoms with Crippen LogP contribution in [0.3, 0.4) is 0 Å². The molecule has 4 heterocycles. The highest BCUT2D eigenvalue weighted by Crippen LogP contribution is 2.35. The molecule has 1 amide bonds. The van der Waals surface area contributed by atoms with Gasteiger partial charge in [0.05, 0.1) is 30.0 Å². The molecule has 208 valence electrons. The second kappa shape index (κ2) is 13.1. The Bertz CT molecular complexity index is 1460. The van der Waals surface area contributed by atoms with Crippen molar-refractivity contribution in [3.8, 4) is 22.1 Å². The first-order valence-electron chi connectivity index (χ1n) is 12.7. The van der Waals surface area contributed by atoms with Gasteiger partial charge in [0, 0.05) is 35.8 Å². The number of anilines is 1. The van der Waals surface area contributed by atoms with Gasteiger partial charge in [-0.2, -0.15) is 0 Å². The molecule has 1 atom stereocenters. The highest BCUT2D eigenvalue weighted by molar-refractivity contribution is 7.17. The predicted molar refractivity (Wildman–Crippen MR) is 151 cm³/mol. The van der Waals surface area contributed by atoms with E-state index in [1.165, 1.54) is 0 Å². The van der Waals surface area contributed by atoms with E-state index in [1.54, 1.807) is 31.6 Å². The molecular weight excluding hydrogens is 554 g/mol. The molecule has 1 saturated heterocycles. The third-order valence-corrected chi connectivity index (χ3v) is 7.15. The summed E-state index contributed by atoms with van der Waals surface area (Å²) in [5.41, 5.74) is 4.17. The topological polar surface area (TPSA) is 118 Å². The number of benzene rings is 1. The normalized spacial score (nSPS) is 15.0. The number of nitrogens with one attached hydrogen (secondary N) is 1. The lowest BCUT2D eigenvalue weighted by atomic mass is 9.97. The Labute approximate surface area is 240 Å². The molecule has 0 spiro atoms. The van der Waals surface area contributed by atoms with Crippen molar-refractivity contribution in [2.75, 3.05) is 19.0 Å². The Morgan fingerprint density at radius 1 is 1.10 bits per heavy atom. The first-order valence-corrected chi connectivity index (χ1v) is 13.9. The first kappa shape index (κ1) is 27.9. The van der Waals surface area contributed by atoms with Gasteiger partial charge in [-0.1, -0.05) is 22.8 Å². The van der Waals surface area contributed by atoms with Crippen LogP contribution in [-0.4, -0.2) is 46.1 Å². The summed E-state index contributed by atoms with van der Waals surface area (Å²) in [4.78, 5) is 21.9. The molecule has 4 aromatic rings. The molecule has 0 bridgehead atoms. The Morgan fingerprint density at radius 3 is 2.77 bits per heavy atom. The monoisotopic (exact) mass is 581 g/mol. The van der Waals surface area contributed by atoms with Gasteiger partial charge in [0.25, 0.3) is 11.1 Å². The van der Waals surface area contributed by atoms with Crippen molar-refractivity contribution in [1.82, 2.24) is 20.2 Å². The minimum atomic E-state index is -0.385. The highest BCUT2D eigenvalue weighted by atomic mass is 35.5. The van der Waals surface area contributed by atoms with Gasteiger partial charge in [-0.15, -0.1) is 5.10 Å². The van der Waals surface area contributed by atoms with Crippen molar-refractivity contribution >= 4 is 34.0 Å². The van der Waals surface area contributed by atoms with Crippen LogP contribution in [0.1, 0.15) is 46.6 Å². The second-order valence-corrected chi connectivity index (χ2v) is 10.5. The van der Waals surface area contributed by atoms with E-state index >= 15 is 0 Å². The standard InChI is InChI=1S/C28H28ClN5O5S/c1-17-11-21(22-12-18(6-9-24(22)36-2)15-38-25-5-3-4-10-37-25)23(14-30-17)26(35)32-27-33-34-28(40-27)39-16-20-8-7-19(29)13-31-20/h6-9,11-14,25H,3-5,10,15-16H2,1-2H3,(H,32,33,35). The summed E-state index contributed by atoms with van der Waals surface area (Å²) >= 11 is 6.98. The fraction of sp³-hybridized carbons (Fsp3) is 0.321. The molecule has 1 N–H and O–H groups in total. The Hall–Kier alpha value is -3.64. The maximum atomic E-state index is 13.4. The third kappa shape index (κ3) is 7.11. The number of amides is 1. The number of carbonyl (C=O) groups is 1. The van der Waals surface area contributed by atoms with Crippen molar-refractivity contribution in [1.29, 1.82) is 0 Å². The molecule has 5 rings (SSSR count). The molecule has 1 unspecified atom stereocenters. The van der Waals surface area contributed by atoms with Crippen LogP contribution in [0.4, 0.5) is 5.13 Å². The van der Waals surface area contributed by atoms with Gasteiger partial charge in [-0.05, 0) is 73.4 Å². The summed E-state index contributed by atoms with van der Waals surface area (Å²) in [6, 6.07) is 11.1. The summed E-state index contributed by atoms with van der Waals surface area (Å²) in [7, 11) is 1.60. The van der Waals surface area contributed by atoms with Gasteiger partial charge < -0.3 is 18.9 Å². The molecule has 1 fully saturated rings. The number of carbonyl (C=O) groups excluding carboxylic acids is 1. The summed E-state index contributed by atoms with van der Waals surface area (Å²) in [6.07, 6.45) is 5.92. The van der Waals surface area contributed by atoms with Crippen LogP contribution in [-0.2, 0) is 22.7 Å². The van der Waals surface area contributed by atoms with Crippen LogP contribution in [0.5, 0.6) is 10.9 Å². The van der Waals surface area contributed by atoms with Gasteiger partial charge in [-0.25, -0.2) is 0 Å². The molecule has 1 aliphatic rings. The highest BCUT2D eigenvalue weighted by Gasteiger charge is 2.20. The Kier molecular flexibility index (Phi) is 9.17. The van der Waals surface area contributed by atoms with E-state index in [0.29, 0.717) is 39.4 Å². The van der Waals surface area contributed by atoms with Crippen molar-refractivity contribution in [3.05, 3.63) is 76.3 Å². The minimum absolute atomic E-state index is 0.193. The van der Waals surface area contributed by atoms with Gasteiger partial charge >= 0.3 is 0 Å². The van der Waals surface area contributed by atoms with E-state index in [-0.39, 0.29) is 23.9 Å². The van der Waals surface area contributed by atoms with Gasteiger partial charge in [0.1, 0.15) is 12.4 Å². The minimum Gasteiger partial charge on any atom is -0.496 e. The second-order valence-electron chi connectivity index (χ2n) is 9.10. The zero-order valence-electron chi connectivity index (χ0n) is 22.1. The average Bonchev–Trinajstić information content (AvgIpc) is 3.43. The number of methoxy groups -OCH3 is 1. The lowest BCUT2D eigenvalue weighted by Crippen LogP contribution is -2.22. The number of nitrogens with zero attached hydrogens (tertiary/aromatic N) is 4. The summed E-state index contributed by atoms with van der Waals surface area (Å²) in [5, 5.41) is 12.0. The molecule has 40 heavy (non-hydrogen) atoms. The van der Waals surface area contributed by atoms with Crippen LogP contribution >= 0.6 is 22.9 Å². The fourth-order valence-corrected chi connectivity index (χ4v) is 4.86. The Balaban J connectivity index is 1.32. The van der Waals surface area contributed by atoms with E-state index in [4.69, 9.17) is 30.5 Å². The lowest BCUT2D eigenvalue weighted by Gasteiger charge is -2.23. The molecule has 1 aliphatic heterocycles. The Morgan fingerprint density at radius 2 is 2.00 bits per heavy atom. The van der Waals surface area contributed by atoms with Crippen molar-refractivity contribution in [3.63, 3.8) is 0 Å². The zero-order chi connectivity index (χ0) is 27.9. The molecule has 12 heteroatoms. The molecule has 0 saturated carbocycles. The summed E-state index contributed by atoms with van der Waals surface area (Å²) < 4.78 is 23.0. The molecule has 0 radical (unpaired) electrons. The van der Waals surface area contributed by atoms with Crippen LogP contribution in [0.25, 0.3) is 11.1 Å². The first-order chi connectivity index (χ1) is 19.5. The van der Waals surface area contributed by atoms with Crippen LogP contribution in [0, 0.1) is 6.92 Å². The maximum Gasteiger partial charge on any atom is 0.296 e. The largest absolute Gasteiger partial charge is 0.496 e. The molecule has 1 aromatic carbocycles. The number of aryl methyl sites for hydroxylation is 1. The van der Waals surface area contributed by atoms with Crippen molar-refractivity contribution < 1.29 is 23.7 Å². The van der Waals surface area contributed by atoms with E-state index in [0.717, 1.165) is 54.0 Å². The van der Waals surface area contributed by atoms with Crippen LogP contribution in [0.2, 0.25) is 5.02 Å². The van der Waals surface area contributed by atoms with E-state index < -0.39 is 0 Å². The van der Waals surface area contributed by atoms with Gasteiger partial charge in [0.15, 0.2) is 6.29 Å². The van der Waals surface area contributed by atoms with Crippen LogP contribution in [0.15, 0.2) is 48.8 Å². The lowest BCUT2D eigenvalue weighted by molar-refractivity contribution is -0.168. The van der Waals surface area contributed by atoms with E-state index in [1.807, 2.05) is 31.2 Å². The van der Waals surface area contributed by atoms with Gasteiger partial charge in [0.2, 0.25) is 5.13 Å². The fourth-order valence-electron chi connectivity index (χ4n) is 4.16. The number of halogens is 1. The van der Waals surface area contributed by atoms with E-state index in [2.05, 4.69) is 25.5 Å². The zero-order valence-corrected chi connectivity index (χ0v) is 23.6. The summed E-state index contributed by atoms with van der Waals surface area (Å²) in [6.45, 7) is 3.16. The molecule has 10 nitrogen and oxygen atoms in total. The number of rotatable bonds is 10. The number of hydrogen-bond donors (Lipinski definition) is 1. The third-order valence-electron chi connectivity index (χ3n) is 6.17. The van der Waals surface area contributed by atoms with Crippen LogP contribution < -0.4 is 14.8 Å². The SMILES string of the molecule is COc1ccc(COC2CCCCO2)cc1-c1cc(C)ncc1C(=O)Nc1nnc(OCc2ccc(Cl)cn2)s1. The predicted octanol–water partition coefficient (Wildman–Crippen LogP) is 5.84. The van der Waals surface area contributed by atoms with Gasteiger partial charge in [-0.3, -0.25) is 20.1 Å².